The zero-order valence-electron chi connectivity index (χ0n) is 12.0. The Kier molecular flexibility index (Phi) is 4.11. The number of nitrogens with two attached hydrogens (primary N) is 1. The van der Waals surface area contributed by atoms with E-state index in [0.29, 0.717) is 18.2 Å². The van der Waals surface area contributed by atoms with Crippen molar-refractivity contribution in [1.82, 2.24) is 4.90 Å². The van der Waals surface area contributed by atoms with Crippen LogP contribution in [0, 0.1) is 17.8 Å². The Balaban J connectivity index is 1.52. The van der Waals surface area contributed by atoms with Crippen molar-refractivity contribution in [3.05, 3.63) is 0 Å². The minimum Gasteiger partial charge on any atom is -0.342 e. The number of hydrogen-bond acceptors (Lipinski definition) is 2. The highest BCUT2D eigenvalue weighted by Crippen LogP contribution is 2.34. The minimum absolute atomic E-state index is 0.265. The fourth-order valence-electron chi connectivity index (χ4n) is 3.35. The smallest absolute Gasteiger partial charge is 0.222 e. The molecule has 2 unspecified atom stereocenters. The van der Waals surface area contributed by atoms with Gasteiger partial charge in [-0.1, -0.05) is 12.8 Å². The molecule has 0 aromatic heterocycles. The van der Waals surface area contributed by atoms with Crippen LogP contribution >= 0.6 is 0 Å². The average molecular weight is 264 g/mol. The van der Waals surface area contributed by atoms with E-state index in [9.17, 15) is 4.79 Å². The molecule has 1 amide bonds. The first-order valence-electron chi connectivity index (χ1n) is 8.25. The molecule has 3 aliphatic carbocycles. The van der Waals surface area contributed by atoms with Gasteiger partial charge in [0.05, 0.1) is 0 Å². The second-order valence-electron chi connectivity index (χ2n) is 7.10. The van der Waals surface area contributed by atoms with Crippen LogP contribution in [0.3, 0.4) is 0 Å². The second kappa shape index (κ2) is 5.82. The highest BCUT2D eigenvalue weighted by molar-refractivity contribution is 5.76. The molecule has 0 saturated heterocycles. The van der Waals surface area contributed by atoms with E-state index >= 15 is 0 Å². The third-order valence-corrected chi connectivity index (χ3v) is 5.11. The summed E-state index contributed by atoms with van der Waals surface area (Å²) in [6, 6.07) is 0.265. The first-order chi connectivity index (χ1) is 9.22. The largest absolute Gasteiger partial charge is 0.342 e. The van der Waals surface area contributed by atoms with E-state index in [2.05, 4.69) is 4.90 Å². The Morgan fingerprint density at radius 2 is 1.53 bits per heavy atom. The highest BCUT2D eigenvalue weighted by Gasteiger charge is 2.33. The van der Waals surface area contributed by atoms with Crippen LogP contribution in [0.2, 0.25) is 0 Å². The monoisotopic (exact) mass is 264 g/mol. The van der Waals surface area contributed by atoms with Gasteiger partial charge in [0, 0.05) is 25.6 Å². The number of nitrogens with zero attached hydrogens (tertiary/aromatic N) is 1. The van der Waals surface area contributed by atoms with Crippen LogP contribution in [-0.2, 0) is 4.79 Å². The molecule has 0 aromatic rings. The lowest BCUT2D eigenvalue weighted by Crippen LogP contribution is -2.40. The van der Waals surface area contributed by atoms with Gasteiger partial charge in [0.2, 0.25) is 5.91 Å². The quantitative estimate of drug-likeness (QED) is 0.801. The number of carbonyl (C=O) groups is 1. The van der Waals surface area contributed by atoms with Crippen molar-refractivity contribution in [2.24, 2.45) is 23.5 Å². The number of carbonyl (C=O) groups excluding carboxylic acids is 1. The molecule has 3 nitrogen and oxygen atoms in total. The molecule has 0 aliphatic heterocycles. The van der Waals surface area contributed by atoms with Gasteiger partial charge in [0.1, 0.15) is 0 Å². The summed E-state index contributed by atoms with van der Waals surface area (Å²) in [4.78, 5) is 14.7. The molecular weight excluding hydrogens is 236 g/mol. The van der Waals surface area contributed by atoms with Gasteiger partial charge in [0.25, 0.3) is 0 Å². The van der Waals surface area contributed by atoms with Gasteiger partial charge in [-0.2, -0.15) is 0 Å². The van der Waals surface area contributed by atoms with Crippen LogP contribution in [0.15, 0.2) is 0 Å². The van der Waals surface area contributed by atoms with E-state index in [1.54, 1.807) is 0 Å². The normalized spacial score (nSPS) is 31.2. The Morgan fingerprint density at radius 1 is 0.947 bits per heavy atom. The second-order valence-corrected chi connectivity index (χ2v) is 7.10. The molecule has 19 heavy (non-hydrogen) atoms. The topological polar surface area (TPSA) is 46.3 Å². The van der Waals surface area contributed by atoms with Crippen molar-refractivity contribution in [3.63, 3.8) is 0 Å². The molecule has 2 N–H and O–H groups in total. The molecule has 0 spiro atoms. The van der Waals surface area contributed by atoms with E-state index in [1.165, 1.54) is 38.5 Å². The van der Waals surface area contributed by atoms with E-state index in [4.69, 9.17) is 5.73 Å². The Bertz CT molecular complexity index is 309. The summed E-state index contributed by atoms with van der Waals surface area (Å²) in [6.07, 6.45) is 10.8. The molecule has 2 atom stereocenters. The van der Waals surface area contributed by atoms with Crippen molar-refractivity contribution in [3.8, 4) is 0 Å². The minimum atomic E-state index is 0.265. The number of amides is 1. The first kappa shape index (κ1) is 13.4. The molecule has 3 aliphatic rings. The van der Waals surface area contributed by atoms with E-state index in [-0.39, 0.29) is 6.04 Å². The van der Waals surface area contributed by atoms with E-state index in [0.717, 1.165) is 37.8 Å². The molecule has 0 heterocycles. The van der Waals surface area contributed by atoms with Crippen molar-refractivity contribution >= 4 is 5.91 Å². The lowest BCUT2D eigenvalue weighted by Gasteiger charge is -2.31. The molecule has 3 rings (SSSR count). The van der Waals surface area contributed by atoms with Gasteiger partial charge in [-0.15, -0.1) is 0 Å². The van der Waals surface area contributed by atoms with Gasteiger partial charge >= 0.3 is 0 Å². The zero-order chi connectivity index (χ0) is 13.2. The maximum absolute atomic E-state index is 12.6. The summed E-state index contributed by atoms with van der Waals surface area (Å²) in [5.74, 6) is 2.45. The Morgan fingerprint density at radius 3 is 2.05 bits per heavy atom. The van der Waals surface area contributed by atoms with Gasteiger partial charge in [-0.3, -0.25) is 4.79 Å². The van der Waals surface area contributed by atoms with Crippen molar-refractivity contribution < 1.29 is 4.79 Å². The first-order valence-corrected chi connectivity index (χ1v) is 8.25. The zero-order valence-corrected chi connectivity index (χ0v) is 12.0. The third kappa shape index (κ3) is 3.95. The maximum Gasteiger partial charge on any atom is 0.222 e. The summed E-state index contributed by atoms with van der Waals surface area (Å²) in [5.41, 5.74) is 6.18. The van der Waals surface area contributed by atoms with Crippen LogP contribution in [0.1, 0.15) is 57.8 Å². The van der Waals surface area contributed by atoms with Crippen LogP contribution < -0.4 is 5.73 Å². The Labute approximate surface area is 116 Å². The SMILES string of the molecule is NC1CCCCC1CC(=O)N(CC1CC1)CC1CC1. The molecule has 0 bridgehead atoms. The summed E-state index contributed by atoms with van der Waals surface area (Å²) >= 11 is 0. The van der Waals surface area contributed by atoms with E-state index in [1.807, 2.05) is 0 Å². The van der Waals surface area contributed by atoms with Gasteiger partial charge in [-0.05, 0) is 56.3 Å². The molecule has 3 heteroatoms. The highest BCUT2D eigenvalue weighted by atomic mass is 16.2. The fraction of sp³-hybridized carbons (Fsp3) is 0.938. The van der Waals surface area contributed by atoms with E-state index < -0.39 is 0 Å². The maximum atomic E-state index is 12.6. The molecule has 3 saturated carbocycles. The third-order valence-electron chi connectivity index (χ3n) is 5.11. The molecule has 108 valence electrons. The molecular formula is C16H28N2O. The van der Waals surface area contributed by atoms with Crippen molar-refractivity contribution in [1.29, 1.82) is 0 Å². The predicted octanol–water partition coefficient (Wildman–Crippen LogP) is 2.54. The average Bonchev–Trinajstić information content (AvgIpc) is 3.26. The molecule has 3 fully saturated rings. The fourth-order valence-corrected chi connectivity index (χ4v) is 3.35. The number of hydrogen-bond donors (Lipinski definition) is 1. The van der Waals surface area contributed by atoms with Crippen molar-refractivity contribution in [2.45, 2.75) is 63.8 Å². The summed E-state index contributed by atoms with van der Waals surface area (Å²) < 4.78 is 0. The summed E-state index contributed by atoms with van der Waals surface area (Å²) in [7, 11) is 0. The predicted molar refractivity (Wildman–Crippen MR) is 76.6 cm³/mol. The van der Waals surface area contributed by atoms with Crippen LogP contribution in [0.25, 0.3) is 0 Å². The summed E-state index contributed by atoms with van der Waals surface area (Å²) in [5, 5.41) is 0. The van der Waals surface area contributed by atoms with Crippen LogP contribution in [0.5, 0.6) is 0 Å². The lowest BCUT2D eigenvalue weighted by molar-refractivity contribution is -0.133. The van der Waals surface area contributed by atoms with Gasteiger partial charge < -0.3 is 10.6 Å². The molecule has 0 aromatic carbocycles. The van der Waals surface area contributed by atoms with Crippen molar-refractivity contribution in [2.75, 3.05) is 13.1 Å². The van der Waals surface area contributed by atoms with Crippen LogP contribution in [-0.4, -0.2) is 29.9 Å². The summed E-state index contributed by atoms with van der Waals surface area (Å²) in [6.45, 7) is 2.05. The van der Waals surface area contributed by atoms with Gasteiger partial charge in [-0.25, -0.2) is 0 Å². The standard InChI is InChI=1S/C16H28N2O/c17-15-4-2-1-3-14(15)9-16(19)18(10-12-5-6-12)11-13-7-8-13/h12-15H,1-11,17H2. The Hall–Kier alpha value is -0.570. The van der Waals surface area contributed by atoms with Crippen LogP contribution in [0.4, 0.5) is 0 Å². The lowest BCUT2D eigenvalue weighted by atomic mass is 9.82. The van der Waals surface area contributed by atoms with Gasteiger partial charge in [0.15, 0.2) is 0 Å². The number of rotatable bonds is 6. The molecule has 0 radical (unpaired) electrons.